The van der Waals surface area contributed by atoms with E-state index in [0.29, 0.717) is 61.2 Å². The highest BCUT2D eigenvalue weighted by atomic mass is 32.2. The molecule has 9 heterocycles. The number of pyridine rings is 6. The molecule has 0 saturated heterocycles. The molecular weight excluding hydrogens is 679 g/mol. The molecule has 6 aromatic rings. The summed E-state index contributed by atoms with van der Waals surface area (Å²) in [4.78, 5) is 59.8. The maximum atomic E-state index is 13.1. The summed E-state index contributed by atoms with van der Waals surface area (Å²) in [5.74, 6) is -1.78. The predicted molar refractivity (Wildman–Crippen MR) is 192 cm³/mol. The van der Waals surface area contributed by atoms with Crippen molar-refractivity contribution in [2.24, 2.45) is 5.14 Å². The van der Waals surface area contributed by atoms with E-state index < -0.39 is 11.9 Å². The maximum absolute atomic E-state index is 13.1. The van der Waals surface area contributed by atoms with Crippen molar-refractivity contribution in [1.82, 2.24) is 39.7 Å². The van der Waals surface area contributed by atoms with Crippen LogP contribution in [0.5, 0.6) is 0 Å². The summed E-state index contributed by atoms with van der Waals surface area (Å²) in [5, 5.41) is 15.7. The molecule has 3 aliphatic heterocycles. The maximum Gasteiger partial charge on any atom is 0.351 e. The number of nitrogens with zero attached hydrogens (tertiary/aromatic N) is 8. The summed E-state index contributed by atoms with van der Waals surface area (Å²) in [6.07, 6.45) is 0. The van der Waals surface area contributed by atoms with Crippen LogP contribution < -0.4 is 5.14 Å². The average Bonchev–Trinajstić information content (AvgIpc) is 3.14. The Balaban J connectivity index is 1.38. The number of carboxylic acids is 1. The first-order chi connectivity index (χ1) is 25.3. The van der Waals surface area contributed by atoms with Crippen LogP contribution in [0.25, 0.3) is 34.2 Å². The Bertz CT molecular complexity index is 2240. The van der Waals surface area contributed by atoms with Crippen LogP contribution >= 0.6 is 12.2 Å². The SMILES string of the molecule is NSOC(=O)c1cc2nc(c1)-c1cc(C(=O)O)cc(n1)CN1Cc3cccc(n3)-c3cccc(n3)CN(Cc3cccc(n3)-c3cccc(n3)C1)C2. The fourth-order valence-corrected chi connectivity index (χ4v) is 6.67. The lowest BCUT2D eigenvalue weighted by Crippen LogP contribution is -2.25. The van der Waals surface area contributed by atoms with Crippen molar-refractivity contribution in [2.75, 3.05) is 0 Å². The second kappa shape index (κ2) is 14.4. The molecule has 0 saturated carbocycles. The lowest BCUT2D eigenvalue weighted by atomic mass is 10.1. The van der Waals surface area contributed by atoms with E-state index in [-0.39, 0.29) is 24.2 Å². The minimum atomic E-state index is -1.12. The Morgan fingerprint density at radius 1 is 0.519 bits per heavy atom. The second-order valence-corrected chi connectivity index (χ2v) is 12.9. The van der Waals surface area contributed by atoms with Crippen molar-refractivity contribution in [1.29, 1.82) is 0 Å². The lowest BCUT2D eigenvalue weighted by molar-refractivity contribution is 0.0695. The number of carbonyl (C=O) groups is 2. The molecule has 0 amide bonds. The van der Waals surface area contributed by atoms with Crippen LogP contribution in [0, 0.1) is 0 Å². The van der Waals surface area contributed by atoms with E-state index in [2.05, 4.69) is 9.80 Å². The van der Waals surface area contributed by atoms with Gasteiger partial charge in [0.05, 0.1) is 79.5 Å². The summed E-state index contributed by atoms with van der Waals surface area (Å²) >= 11 is 0.448. The van der Waals surface area contributed by atoms with Crippen molar-refractivity contribution in [3.63, 3.8) is 0 Å². The van der Waals surface area contributed by atoms with Crippen LogP contribution in [-0.4, -0.2) is 56.7 Å². The second-order valence-electron chi connectivity index (χ2n) is 12.6. The van der Waals surface area contributed by atoms with Crippen LogP contribution in [0.4, 0.5) is 0 Å². The number of aromatic carboxylic acids is 1. The van der Waals surface area contributed by atoms with E-state index in [1.807, 2.05) is 72.8 Å². The van der Waals surface area contributed by atoms with E-state index in [1.165, 1.54) is 6.07 Å². The Labute approximate surface area is 303 Å². The molecule has 3 aliphatic rings. The Kier molecular flexibility index (Phi) is 9.18. The van der Waals surface area contributed by atoms with E-state index >= 15 is 0 Å². The van der Waals surface area contributed by atoms with Crippen molar-refractivity contribution in [2.45, 2.75) is 39.3 Å². The predicted octanol–water partition coefficient (Wildman–Crippen LogP) is 5.47. The third-order valence-electron chi connectivity index (χ3n) is 8.69. The van der Waals surface area contributed by atoms with Gasteiger partial charge < -0.3 is 9.29 Å². The molecule has 14 bridgehead atoms. The highest BCUT2D eigenvalue weighted by Gasteiger charge is 2.21. The Morgan fingerprint density at radius 3 is 1.25 bits per heavy atom. The van der Waals surface area contributed by atoms with Gasteiger partial charge in [-0.15, -0.1) is 0 Å². The van der Waals surface area contributed by atoms with Gasteiger partial charge in [-0.3, -0.25) is 9.80 Å². The number of carbonyl (C=O) groups excluding carboxylic acids is 1. The molecule has 0 spiro atoms. The normalized spacial score (nSPS) is 16.4. The van der Waals surface area contributed by atoms with Gasteiger partial charge in [-0.1, -0.05) is 24.3 Å². The summed E-state index contributed by atoms with van der Waals surface area (Å²) in [6, 6.07) is 29.7. The molecule has 52 heavy (non-hydrogen) atoms. The highest BCUT2D eigenvalue weighted by molar-refractivity contribution is 7.92. The Hall–Kier alpha value is -5.93. The summed E-state index contributed by atoms with van der Waals surface area (Å²) in [5.41, 5.74) is 7.96. The number of rotatable bonds is 3. The van der Waals surface area contributed by atoms with E-state index in [4.69, 9.17) is 39.2 Å². The van der Waals surface area contributed by atoms with Gasteiger partial charge in [0.2, 0.25) is 0 Å². The first kappa shape index (κ1) is 33.2. The first-order valence-corrected chi connectivity index (χ1v) is 17.3. The molecule has 9 rings (SSSR count). The zero-order valence-corrected chi connectivity index (χ0v) is 28.5. The summed E-state index contributed by atoms with van der Waals surface area (Å²) in [7, 11) is 0. The molecule has 0 fully saturated rings. The number of aromatic nitrogens is 6. The monoisotopic (exact) mass is 709 g/mol. The number of hydrogen-bond donors (Lipinski definition) is 2. The number of nitrogens with two attached hydrogens (primary N) is 1. The van der Waals surface area contributed by atoms with Gasteiger partial charge in [-0.2, -0.15) is 0 Å². The largest absolute Gasteiger partial charge is 0.478 e. The molecule has 13 nitrogen and oxygen atoms in total. The molecule has 3 N–H and O–H groups in total. The minimum Gasteiger partial charge on any atom is -0.478 e. The van der Waals surface area contributed by atoms with Crippen LogP contribution in [0.3, 0.4) is 0 Å². The van der Waals surface area contributed by atoms with Gasteiger partial charge >= 0.3 is 11.9 Å². The van der Waals surface area contributed by atoms with Crippen molar-refractivity contribution < 1.29 is 18.9 Å². The van der Waals surface area contributed by atoms with Gasteiger partial charge in [0, 0.05) is 39.3 Å². The quantitative estimate of drug-likeness (QED) is 0.175. The fourth-order valence-electron chi connectivity index (χ4n) is 6.48. The van der Waals surface area contributed by atoms with Gasteiger partial charge in [0.25, 0.3) is 0 Å². The molecule has 14 heteroatoms. The number of carboxylic acid groups (broad SMARTS) is 1. The Morgan fingerprint density at radius 2 is 0.865 bits per heavy atom. The van der Waals surface area contributed by atoms with E-state index in [1.54, 1.807) is 18.2 Å². The first-order valence-electron chi connectivity index (χ1n) is 16.5. The molecule has 0 aromatic carbocycles. The van der Waals surface area contributed by atoms with E-state index in [9.17, 15) is 14.7 Å². The molecule has 0 unspecified atom stereocenters. The molecule has 0 aliphatic carbocycles. The van der Waals surface area contributed by atoms with Crippen LogP contribution in [-0.2, 0) is 43.5 Å². The van der Waals surface area contributed by atoms with Crippen LogP contribution in [0.1, 0.15) is 54.9 Å². The topological polar surface area (TPSA) is 173 Å². The molecule has 258 valence electrons. The molecule has 0 radical (unpaired) electrons. The smallest absolute Gasteiger partial charge is 0.351 e. The molecular formula is C38H31N9O4S. The zero-order chi connectivity index (χ0) is 35.6. The van der Waals surface area contributed by atoms with Crippen LogP contribution in [0.2, 0.25) is 0 Å². The standard InChI is InChI=1S/C38H31N9O4S/c39-52-51-38(50)24-14-30-22-47-19-27-7-3-11-33(42-27)31-9-1-5-25(40-31)17-46(21-29-13-23(37(48)49)15-35(44-29)36(16-24)45-30)18-26-6-2-10-32(41-26)34-12-4-8-28(20-47)43-34/h1-16H,17-22,39H2,(H,48,49). The molecule has 6 aromatic heterocycles. The van der Waals surface area contributed by atoms with Gasteiger partial charge in [0.1, 0.15) is 12.2 Å². The van der Waals surface area contributed by atoms with Crippen molar-refractivity contribution in [3.05, 3.63) is 142 Å². The lowest BCUT2D eigenvalue weighted by Gasteiger charge is -2.24. The third-order valence-corrected chi connectivity index (χ3v) is 8.94. The van der Waals surface area contributed by atoms with Crippen LogP contribution in [0.15, 0.2) is 97.1 Å². The summed E-state index contributed by atoms with van der Waals surface area (Å²) in [6.45, 7) is 2.12. The van der Waals surface area contributed by atoms with Gasteiger partial charge in [0.15, 0.2) is 0 Å². The van der Waals surface area contributed by atoms with Gasteiger partial charge in [-0.05, 0) is 72.8 Å². The molecule has 0 atom stereocenters. The minimum absolute atomic E-state index is 0.0357. The number of hydrogen-bond acceptors (Lipinski definition) is 13. The highest BCUT2D eigenvalue weighted by Crippen LogP contribution is 2.26. The van der Waals surface area contributed by atoms with Gasteiger partial charge in [-0.25, -0.2) is 44.6 Å². The van der Waals surface area contributed by atoms with Crippen molar-refractivity contribution in [3.8, 4) is 34.2 Å². The fraction of sp³-hybridized carbons (Fsp3) is 0.158. The zero-order valence-electron chi connectivity index (χ0n) is 27.7. The van der Waals surface area contributed by atoms with E-state index in [0.717, 1.165) is 45.6 Å². The summed E-state index contributed by atoms with van der Waals surface area (Å²) < 4.78 is 5.10. The average molecular weight is 710 g/mol. The third kappa shape index (κ3) is 7.41. The van der Waals surface area contributed by atoms with Crippen molar-refractivity contribution >= 4 is 24.2 Å².